The molecule has 0 bridgehead atoms. The summed E-state index contributed by atoms with van der Waals surface area (Å²) in [5.41, 5.74) is 4.05. The van der Waals surface area contributed by atoms with E-state index in [0.717, 1.165) is 16.8 Å². The van der Waals surface area contributed by atoms with Crippen LogP contribution < -0.4 is 5.32 Å². The predicted octanol–water partition coefficient (Wildman–Crippen LogP) is 4.57. The number of hydrogen-bond acceptors (Lipinski definition) is 2. The standard InChI is InChI=1S/C21H18N2O/c1-16-10-12-18(13-11-16)23-21(24)19(20-9-5-6-14-22-20)15-17-7-3-2-4-8-17/h2-15H,1H3,(H,23,24). The van der Waals surface area contributed by atoms with E-state index in [2.05, 4.69) is 10.3 Å². The van der Waals surface area contributed by atoms with Gasteiger partial charge in [0.15, 0.2) is 0 Å². The predicted molar refractivity (Wildman–Crippen MR) is 98.4 cm³/mol. The summed E-state index contributed by atoms with van der Waals surface area (Å²) in [5.74, 6) is -0.179. The number of nitrogens with one attached hydrogen (secondary N) is 1. The first-order valence-electron chi connectivity index (χ1n) is 7.78. The number of carbonyl (C=O) groups excluding carboxylic acids is 1. The summed E-state index contributed by atoms with van der Waals surface area (Å²) >= 11 is 0. The van der Waals surface area contributed by atoms with Gasteiger partial charge in [-0.25, -0.2) is 0 Å². The second-order valence-electron chi connectivity index (χ2n) is 5.50. The number of aryl methyl sites for hydroxylation is 1. The molecule has 1 aromatic heterocycles. The third-order valence-electron chi connectivity index (χ3n) is 3.61. The Bertz CT molecular complexity index is 838. The third kappa shape index (κ3) is 3.96. The molecular formula is C21H18N2O. The molecule has 0 aliphatic rings. The van der Waals surface area contributed by atoms with Gasteiger partial charge >= 0.3 is 0 Å². The summed E-state index contributed by atoms with van der Waals surface area (Å²) in [5, 5.41) is 2.94. The van der Waals surface area contributed by atoms with Crippen LogP contribution in [0.2, 0.25) is 0 Å². The van der Waals surface area contributed by atoms with Crippen molar-refractivity contribution >= 4 is 23.2 Å². The summed E-state index contributed by atoms with van der Waals surface area (Å²) in [4.78, 5) is 17.1. The number of anilines is 1. The van der Waals surface area contributed by atoms with Gasteiger partial charge in [0.25, 0.3) is 5.91 Å². The molecule has 0 saturated carbocycles. The zero-order valence-corrected chi connectivity index (χ0v) is 13.4. The van der Waals surface area contributed by atoms with Crippen molar-refractivity contribution < 1.29 is 4.79 Å². The number of carbonyl (C=O) groups is 1. The van der Waals surface area contributed by atoms with Gasteiger partial charge in [0.2, 0.25) is 0 Å². The molecule has 0 spiro atoms. The highest BCUT2D eigenvalue weighted by Gasteiger charge is 2.13. The van der Waals surface area contributed by atoms with Crippen molar-refractivity contribution in [3.63, 3.8) is 0 Å². The molecule has 2 aromatic carbocycles. The van der Waals surface area contributed by atoms with Gasteiger partial charge in [-0.2, -0.15) is 0 Å². The Morgan fingerprint density at radius 3 is 2.29 bits per heavy atom. The summed E-state index contributed by atoms with van der Waals surface area (Å²) in [6.07, 6.45) is 3.54. The van der Waals surface area contributed by atoms with E-state index in [1.54, 1.807) is 6.20 Å². The van der Waals surface area contributed by atoms with E-state index in [1.807, 2.05) is 85.8 Å². The monoisotopic (exact) mass is 314 g/mol. The van der Waals surface area contributed by atoms with E-state index >= 15 is 0 Å². The molecule has 118 valence electrons. The molecule has 0 aliphatic carbocycles. The van der Waals surface area contributed by atoms with Crippen LogP contribution in [0.5, 0.6) is 0 Å². The van der Waals surface area contributed by atoms with Crippen LogP contribution in [-0.2, 0) is 4.79 Å². The van der Waals surface area contributed by atoms with Crippen LogP contribution in [0.4, 0.5) is 5.69 Å². The molecule has 3 heteroatoms. The number of rotatable bonds is 4. The number of hydrogen-bond donors (Lipinski definition) is 1. The van der Waals surface area contributed by atoms with Gasteiger partial charge in [0.05, 0.1) is 11.3 Å². The molecule has 3 nitrogen and oxygen atoms in total. The largest absolute Gasteiger partial charge is 0.322 e. The fourth-order valence-electron chi connectivity index (χ4n) is 2.33. The van der Waals surface area contributed by atoms with Crippen LogP contribution in [0.3, 0.4) is 0 Å². The lowest BCUT2D eigenvalue weighted by Crippen LogP contribution is -2.14. The van der Waals surface area contributed by atoms with E-state index in [0.29, 0.717) is 11.3 Å². The molecule has 3 aromatic rings. The molecule has 0 aliphatic heterocycles. The molecule has 0 saturated heterocycles. The van der Waals surface area contributed by atoms with Gasteiger partial charge in [0.1, 0.15) is 0 Å². The third-order valence-corrected chi connectivity index (χ3v) is 3.61. The van der Waals surface area contributed by atoms with Crippen LogP contribution in [0.15, 0.2) is 79.0 Å². The van der Waals surface area contributed by atoms with Crippen molar-refractivity contribution in [2.75, 3.05) is 5.32 Å². The molecule has 1 N–H and O–H groups in total. The van der Waals surface area contributed by atoms with Gasteiger partial charge in [-0.05, 0) is 42.8 Å². The van der Waals surface area contributed by atoms with Crippen molar-refractivity contribution in [2.45, 2.75) is 6.92 Å². The second kappa shape index (κ2) is 7.38. The van der Waals surface area contributed by atoms with Crippen molar-refractivity contribution in [3.8, 4) is 0 Å². The van der Waals surface area contributed by atoms with E-state index in [1.165, 1.54) is 0 Å². The lowest BCUT2D eigenvalue weighted by Gasteiger charge is -2.09. The minimum absolute atomic E-state index is 0.179. The topological polar surface area (TPSA) is 42.0 Å². The smallest absolute Gasteiger partial charge is 0.257 e. The Hall–Kier alpha value is -3.20. The zero-order valence-electron chi connectivity index (χ0n) is 13.4. The summed E-state index contributed by atoms with van der Waals surface area (Å²) in [6.45, 7) is 2.01. The van der Waals surface area contributed by atoms with Crippen molar-refractivity contribution in [3.05, 3.63) is 95.8 Å². The summed E-state index contributed by atoms with van der Waals surface area (Å²) in [6, 6.07) is 23.0. The highest BCUT2D eigenvalue weighted by Crippen LogP contribution is 2.19. The molecule has 1 amide bonds. The van der Waals surface area contributed by atoms with Gasteiger partial charge in [-0.3, -0.25) is 9.78 Å². The number of amides is 1. The Labute approximate surface area is 141 Å². The average Bonchev–Trinajstić information content (AvgIpc) is 2.63. The Morgan fingerprint density at radius 2 is 1.62 bits per heavy atom. The number of aromatic nitrogens is 1. The van der Waals surface area contributed by atoms with Crippen LogP contribution in [0.1, 0.15) is 16.8 Å². The second-order valence-corrected chi connectivity index (χ2v) is 5.50. The molecule has 24 heavy (non-hydrogen) atoms. The van der Waals surface area contributed by atoms with Crippen molar-refractivity contribution in [1.29, 1.82) is 0 Å². The van der Waals surface area contributed by atoms with Crippen LogP contribution in [0, 0.1) is 6.92 Å². The van der Waals surface area contributed by atoms with Crippen molar-refractivity contribution in [1.82, 2.24) is 4.98 Å². The molecular weight excluding hydrogens is 296 g/mol. The fraction of sp³-hybridized carbons (Fsp3) is 0.0476. The van der Waals surface area contributed by atoms with Gasteiger partial charge in [-0.15, -0.1) is 0 Å². The normalized spacial score (nSPS) is 11.1. The quantitative estimate of drug-likeness (QED) is 0.717. The zero-order chi connectivity index (χ0) is 16.8. The minimum atomic E-state index is -0.179. The number of benzene rings is 2. The van der Waals surface area contributed by atoms with Crippen molar-refractivity contribution in [2.24, 2.45) is 0 Å². The van der Waals surface area contributed by atoms with E-state index in [4.69, 9.17) is 0 Å². The Balaban J connectivity index is 1.94. The first-order chi connectivity index (χ1) is 11.7. The van der Waals surface area contributed by atoms with Gasteiger partial charge in [0, 0.05) is 11.9 Å². The average molecular weight is 314 g/mol. The fourth-order valence-corrected chi connectivity index (χ4v) is 2.33. The lowest BCUT2D eigenvalue weighted by molar-refractivity contribution is -0.111. The molecule has 0 unspecified atom stereocenters. The maximum atomic E-state index is 12.8. The maximum Gasteiger partial charge on any atom is 0.257 e. The Kier molecular flexibility index (Phi) is 4.82. The maximum absolute atomic E-state index is 12.8. The highest BCUT2D eigenvalue weighted by atomic mass is 16.1. The molecule has 0 fully saturated rings. The molecule has 0 radical (unpaired) electrons. The first-order valence-corrected chi connectivity index (χ1v) is 7.78. The highest BCUT2D eigenvalue weighted by molar-refractivity contribution is 6.28. The van der Waals surface area contributed by atoms with Gasteiger partial charge in [-0.1, -0.05) is 54.1 Å². The number of pyridine rings is 1. The van der Waals surface area contributed by atoms with E-state index in [-0.39, 0.29) is 5.91 Å². The van der Waals surface area contributed by atoms with Crippen LogP contribution >= 0.6 is 0 Å². The number of nitrogens with zero attached hydrogens (tertiary/aromatic N) is 1. The van der Waals surface area contributed by atoms with Gasteiger partial charge < -0.3 is 5.32 Å². The lowest BCUT2D eigenvalue weighted by atomic mass is 10.1. The molecule has 1 heterocycles. The summed E-state index contributed by atoms with van der Waals surface area (Å²) < 4.78 is 0. The van der Waals surface area contributed by atoms with Crippen LogP contribution in [0.25, 0.3) is 11.6 Å². The summed E-state index contributed by atoms with van der Waals surface area (Å²) in [7, 11) is 0. The van der Waals surface area contributed by atoms with Crippen LogP contribution in [-0.4, -0.2) is 10.9 Å². The molecule has 0 atom stereocenters. The van der Waals surface area contributed by atoms with E-state index < -0.39 is 0 Å². The van der Waals surface area contributed by atoms with E-state index in [9.17, 15) is 4.79 Å². The molecule has 3 rings (SSSR count). The Morgan fingerprint density at radius 1 is 0.917 bits per heavy atom. The first kappa shape index (κ1) is 15.7. The SMILES string of the molecule is Cc1ccc(NC(=O)C(=Cc2ccccc2)c2ccccn2)cc1. The minimum Gasteiger partial charge on any atom is -0.322 e.